The third-order valence-corrected chi connectivity index (χ3v) is 3.50. The third kappa shape index (κ3) is 2.97. The van der Waals surface area contributed by atoms with Crippen LogP contribution < -0.4 is 5.32 Å². The van der Waals surface area contributed by atoms with Gasteiger partial charge in [-0.2, -0.15) is 0 Å². The van der Waals surface area contributed by atoms with Gasteiger partial charge in [0.2, 0.25) is 0 Å². The Labute approximate surface area is 112 Å². The number of benzene rings is 1. The summed E-state index contributed by atoms with van der Waals surface area (Å²) in [6, 6.07) is 4.89. The number of aromatic nitrogens is 1. The van der Waals surface area contributed by atoms with Crippen LogP contribution in [0.2, 0.25) is 10.0 Å². The van der Waals surface area contributed by atoms with E-state index in [-0.39, 0.29) is 5.91 Å². The van der Waals surface area contributed by atoms with Crippen molar-refractivity contribution in [2.24, 2.45) is 0 Å². The number of aryl methyl sites for hydroxylation is 1. The van der Waals surface area contributed by atoms with Crippen molar-refractivity contribution in [1.29, 1.82) is 0 Å². The van der Waals surface area contributed by atoms with Gasteiger partial charge in [0.1, 0.15) is 0 Å². The van der Waals surface area contributed by atoms with Crippen LogP contribution in [-0.4, -0.2) is 10.9 Å². The predicted octanol–water partition coefficient (Wildman–Crippen LogP) is 4.01. The average molecular weight is 287 g/mol. The average Bonchev–Trinajstić information content (AvgIpc) is 2.69. The van der Waals surface area contributed by atoms with Gasteiger partial charge in [-0.15, -0.1) is 11.3 Å². The second-order valence-electron chi connectivity index (χ2n) is 3.37. The number of thiazole rings is 1. The zero-order valence-electron chi connectivity index (χ0n) is 8.83. The van der Waals surface area contributed by atoms with Crippen LogP contribution in [0.25, 0.3) is 0 Å². The molecule has 1 heterocycles. The summed E-state index contributed by atoms with van der Waals surface area (Å²) in [5, 5.41) is 5.84. The minimum Gasteiger partial charge on any atom is -0.319 e. The van der Waals surface area contributed by atoms with Crippen molar-refractivity contribution in [1.82, 2.24) is 4.98 Å². The van der Waals surface area contributed by atoms with E-state index in [9.17, 15) is 4.79 Å². The molecule has 0 aliphatic heterocycles. The van der Waals surface area contributed by atoms with Gasteiger partial charge in [0, 0.05) is 16.1 Å². The van der Waals surface area contributed by atoms with Crippen LogP contribution in [0.5, 0.6) is 0 Å². The highest BCUT2D eigenvalue weighted by atomic mass is 35.5. The number of halogens is 2. The molecule has 0 bridgehead atoms. The number of rotatable bonds is 2. The molecule has 0 aliphatic carbocycles. The van der Waals surface area contributed by atoms with E-state index in [1.165, 1.54) is 11.3 Å². The monoisotopic (exact) mass is 286 g/mol. The maximum atomic E-state index is 11.8. The van der Waals surface area contributed by atoms with Crippen molar-refractivity contribution in [3.8, 4) is 0 Å². The van der Waals surface area contributed by atoms with Gasteiger partial charge in [-0.25, -0.2) is 4.98 Å². The Morgan fingerprint density at radius 1 is 1.41 bits per heavy atom. The Morgan fingerprint density at radius 2 is 2.18 bits per heavy atom. The van der Waals surface area contributed by atoms with Gasteiger partial charge in [-0.1, -0.05) is 23.2 Å². The Morgan fingerprint density at radius 3 is 2.76 bits per heavy atom. The highest BCUT2D eigenvalue weighted by Gasteiger charge is 2.11. The first-order valence-electron chi connectivity index (χ1n) is 4.75. The molecule has 2 rings (SSSR count). The molecular weight excluding hydrogens is 279 g/mol. The summed E-state index contributed by atoms with van der Waals surface area (Å²) in [6.45, 7) is 1.84. The van der Waals surface area contributed by atoms with Gasteiger partial charge >= 0.3 is 0 Å². The largest absolute Gasteiger partial charge is 0.319 e. The minimum absolute atomic E-state index is 0.271. The summed E-state index contributed by atoms with van der Waals surface area (Å²) in [5.74, 6) is -0.271. The third-order valence-electron chi connectivity index (χ3n) is 1.99. The molecule has 2 aromatic rings. The zero-order valence-corrected chi connectivity index (χ0v) is 11.2. The second kappa shape index (κ2) is 5.04. The van der Waals surface area contributed by atoms with Gasteiger partial charge in [0.05, 0.1) is 10.7 Å². The number of anilines is 1. The van der Waals surface area contributed by atoms with Crippen molar-refractivity contribution < 1.29 is 4.79 Å². The van der Waals surface area contributed by atoms with Crippen molar-refractivity contribution in [2.75, 3.05) is 5.32 Å². The molecule has 0 aliphatic rings. The molecule has 1 N–H and O–H groups in total. The van der Waals surface area contributed by atoms with E-state index in [1.807, 2.05) is 12.3 Å². The highest BCUT2D eigenvalue weighted by molar-refractivity contribution is 7.11. The molecule has 1 aromatic carbocycles. The lowest BCUT2D eigenvalue weighted by molar-refractivity contribution is 0.102. The first-order chi connectivity index (χ1) is 8.06. The fourth-order valence-electron chi connectivity index (χ4n) is 1.22. The van der Waals surface area contributed by atoms with E-state index in [1.54, 1.807) is 18.2 Å². The van der Waals surface area contributed by atoms with Crippen LogP contribution >= 0.6 is 34.5 Å². The molecule has 0 saturated carbocycles. The van der Waals surface area contributed by atoms with Crippen molar-refractivity contribution >= 4 is 46.1 Å². The lowest BCUT2D eigenvalue weighted by atomic mass is 10.3. The Hall–Kier alpha value is -1.10. The maximum Gasteiger partial charge on any atom is 0.284 e. The van der Waals surface area contributed by atoms with E-state index in [4.69, 9.17) is 23.2 Å². The highest BCUT2D eigenvalue weighted by Crippen LogP contribution is 2.26. The summed E-state index contributed by atoms with van der Waals surface area (Å²) >= 11 is 13.0. The van der Waals surface area contributed by atoms with E-state index in [2.05, 4.69) is 10.3 Å². The van der Waals surface area contributed by atoms with Gasteiger partial charge in [0.15, 0.2) is 5.01 Å². The first kappa shape index (κ1) is 12.4. The van der Waals surface area contributed by atoms with E-state index < -0.39 is 0 Å². The Balaban J connectivity index is 2.18. The fraction of sp³-hybridized carbons (Fsp3) is 0.0909. The molecule has 0 radical (unpaired) electrons. The smallest absolute Gasteiger partial charge is 0.284 e. The van der Waals surface area contributed by atoms with Crippen molar-refractivity contribution in [3.05, 3.63) is 44.3 Å². The molecule has 0 unspecified atom stereocenters. The maximum absolute atomic E-state index is 11.8. The topological polar surface area (TPSA) is 42.0 Å². The SMILES string of the molecule is Cc1csc(C(=O)Nc2ccc(Cl)cc2Cl)n1. The number of nitrogens with zero attached hydrogens (tertiary/aromatic N) is 1. The molecule has 6 heteroatoms. The predicted molar refractivity (Wildman–Crippen MR) is 71.3 cm³/mol. The van der Waals surface area contributed by atoms with Crippen molar-refractivity contribution in [2.45, 2.75) is 6.92 Å². The molecule has 0 spiro atoms. The number of carbonyl (C=O) groups is 1. The molecule has 1 amide bonds. The van der Waals surface area contributed by atoms with Crippen LogP contribution in [-0.2, 0) is 0 Å². The summed E-state index contributed by atoms with van der Waals surface area (Å²) in [6.07, 6.45) is 0. The van der Waals surface area contributed by atoms with Gasteiger partial charge in [-0.05, 0) is 25.1 Å². The lowest BCUT2D eigenvalue weighted by Gasteiger charge is -2.05. The van der Waals surface area contributed by atoms with Crippen molar-refractivity contribution in [3.63, 3.8) is 0 Å². The molecular formula is C11H8Cl2N2OS. The van der Waals surface area contributed by atoms with E-state index in [0.717, 1.165) is 5.69 Å². The number of nitrogens with one attached hydrogen (secondary N) is 1. The summed E-state index contributed by atoms with van der Waals surface area (Å²) in [4.78, 5) is 15.9. The summed E-state index contributed by atoms with van der Waals surface area (Å²) in [5.41, 5.74) is 1.34. The Kier molecular flexibility index (Phi) is 3.66. The molecule has 88 valence electrons. The number of carbonyl (C=O) groups excluding carboxylic acids is 1. The molecule has 3 nitrogen and oxygen atoms in total. The quantitative estimate of drug-likeness (QED) is 0.906. The molecule has 0 saturated heterocycles. The first-order valence-corrected chi connectivity index (χ1v) is 6.38. The van der Waals surface area contributed by atoms with Gasteiger partial charge in [-0.3, -0.25) is 4.79 Å². The molecule has 1 aromatic heterocycles. The van der Waals surface area contributed by atoms with Gasteiger partial charge < -0.3 is 5.32 Å². The number of hydrogen-bond donors (Lipinski definition) is 1. The van der Waals surface area contributed by atoms with Crippen LogP contribution in [0.4, 0.5) is 5.69 Å². The molecule has 0 fully saturated rings. The zero-order chi connectivity index (χ0) is 12.4. The van der Waals surface area contributed by atoms with E-state index >= 15 is 0 Å². The number of amides is 1. The van der Waals surface area contributed by atoms with Crippen LogP contribution in [0.15, 0.2) is 23.6 Å². The van der Waals surface area contributed by atoms with Crippen LogP contribution in [0.1, 0.15) is 15.5 Å². The standard InChI is InChI=1S/C11H8Cl2N2OS/c1-6-5-17-11(14-6)10(16)15-9-3-2-7(12)4-8(9)13/h2-5H,1H3,(H,15,16). The Bertz CT molecular complexity index is 568. The normalized spacial score (nSPS) is 10.3. The van der Waals surface area contributed by atoms with Gasteiger partial charge in [0.25, 0.3) is 5.91 Å². The number of hydrogen-bond acceptors (Lipinski definition) is 3. The van der Waals surface area contributed by atoms with Crippen LogP contribution in [0, 0.1) is 6.92 Å². The van der Waals surface area contributed by atoms with E-state index in [0.29, 0.717) is 20.7 Å². The minimum atomic E-state index is -0.271. The lowest BCUT2D eigenvalue weighted by Crippen LogP contribution is -2.11. The summed E-state index contributed by atoms with van der Waals surface area (Å²) < 4.78 is 0. The fourth-order valence-corrected chi connectivity index (χ4v) is 2.37. The second-order valence-corrected chi connectivity index (χ2v) is 5.07. The molecule has 0 atom stereocenters. The summed E-state index contributed by atoms with van der Waals surface area (Å²) in [7, 11) is 0. The van der Waals surface area contributed by atoms with Crippen LogP contribution in [0.3, 0.4) is 0 Å². The molecule has 17 heavy (non-hydrogen) atoms.